The Morgan fingerprint density at radius 2 is 1.66 bits per heavy atom. The molecule has 2 unspecified atom stereocenters. The smallest absolute Gasteiger partial charge is 0.408 e. The van der Waals surface area contributed by atoms with Crippen molar-refractivity contribution in [3.8, 4) is 0 Å². The summed E-state index contributed by atoms with van der Waals surface area (Å²) < 4.78 is 4.11. The lowest BCUT2D eigenvalue weighted by Crippen LogP contribution is -2.60. The molecule has 0 bridgehead atoms. The van der Waals surface area contributed by atoms with Gasteiger partial charge in [-0.3, -0.25) is 19.2 Å². The number of nitrogens with two attached hydrogens (primary N) is 1. The molecule has 0 radical (unpaired) electrons. The number of Topliss-reactive ketones (excluding diaryl/α,β-unsaturated/α-hetero) is 1. The number of hydrogen-bond donors (Lipinski definition) is 3. The average Bonchev–Trinajstić information content (AvgIpc) is 3.03. The molecule has 5 atom stereocenters. The number of hydrogen-bond acceptors (Lipinski definition) is 6. The maximum Gasteiger partial charge on any atom is 0.408 e. The van der Waals surface area contributed by atoms with Crippen LogP contribution in [0.1, 0.15) is 61.3 Å². The number of halogens is 2. The van der Waals surface area contributed by atoms with E-state index in [0.29, 0.717) is 6.42 Å². The minimum Gasteiger partial charge on any atom is -0.444 e. The minimum atomic E-state index is -1.21. The summed E-state index contributed by atoms with van der Waals surface area (Å²) in [6, 6.07) is -3.24. The van der Waals surface area contributed by atoms with E-state index in [1.165, 1.54) is 4.90 Å². The molecule has 0 spiro atoms. The highest BCUT2D eigenvalue weighted by atomic mass is 35.5. The van der Waals surface area contributed by atoms with Crippen LogP contribution in [0, 0.1) is 17.3 Å². The molecule has 0 aromatic carbocycles. The Labute approximate surface area is 215 Å². The lowest BCUT2D eigenvalue weighted by atomic mass is 9.85. The van der Waals surface area contributed by atoms with Crippen molar-refractivity contribution in [2.24, 2.45) is 23.0 Å². The largest absolute Gasteiger partial charge is 0.444 e. The average molecular weight is 535 g/mol. The Hall–Kier alpha value is -2.07. The molecule has 0 aromatic heterocycles. The standard InChI is InChI=1S/C23H36Cl2N4O6/c1-8-9-12(15(30)17(26)31)27-18(32)14-13-11(23(13,24)25)10-29(14)19(33)16(21(2,3)4)28-20(34)35-22(5,6)7/h11-14,16H,8-10H2,1-7H3,(H2,26,31)(H,27,32)(H,28,34)/t11?,12?,13-,14-,16+/m0/s1. The van der Waals surface area contributed by atoms with Crippen molar-refractivity contribution in [3.63, 3.8) is 0 Å². The number of fused-ring (bicyclic) bond motifs is 1. The second-order valence-corrected chi connectivity index (χ2v) is 12.7. The van der Waals surface area contributed by atoms with Gasteiger partial charge in [-0.2, -0.15) is 0 Å². The van der Waals surface area contributed by atoms with E-state index < -0.39 is 69.0 Å². The van der Waals surface area contributed by atoms with Crippen LogP contribution >= 0.6 is 23.2 Å². The van der Waals surface area contributed by atoms with Crippen LogP contribution in [0.2, 0.25) is 0 Å². The summed E-state index contributed by atoms with van der Waals surface area (Å²) in [7, 11) is 0. The maximum absolute atomic E-state index is 13.7. The van der Waals surface area contributed by atoms with E-state index in [1.807, 2.05) is 0 Å². The van der Waals surface area contributed by atoms with Crippen LogP contribution in [0.3, 0.4) is 0 Å². The molecular weight excluding hydrogens is 499 g/mol. The van der Waals surface area contributed by atoms with Crippen LogP contribution in [-0.4, -0.2) is 69.1 Å². The Bertz CT molecular complexity index is 895. The summed E-state index contributed by atoms with van der Waals surface area (Å²) in [5, 5.41) is 5.19. The van der Waals surface area contributed by atoms with Crippen LogP contribution < -0.4 is 16.4 Å². The monoisotopic (exact) mass is 534 g/mol. The molecule has 1 aliphatic carbocycles. The topological polar surface area (TPSA) is 148 Å². The van der Waals surface area contributed by atoms with Gasteiger partial charge in [0.05, 0.1) is 6.04 Å². The van der Waals surface area contributed by atoms with Gasteiger partial charge in [-0.15, -0.1) is 23.2 Å². The molecule has 1 heterocycles. The Morgan fingerprint density at radius 3 is 2.11 bits per heavy atom. The number of amides is 4. The fourth-order valence-electron chi connectivity index (χ4n) is 4.36. The summed E-state index contributed by atoms with van der Waals surface area (Å²) in [6.07, 6.45) is -0.0697. The number of rotatable bonds is 8. The summed E-state index contributed by atoms with van der Waals surface area (Å²) in [4.78, 5) is 64.5. The second-order valence-electron chi connectivity index (χ2n) is 11.3. The van der Waals surface area contributed by atoms with Gasteiger partial charge in [0.1, 0.15) is 22.0 Å². The van der Waals surface area contributed by atoms with Crippen LogP contribution in [0.5, 0.6) is 0 Å². The van der Waals surface area contributed by atoms with Crippen LogP contribution in [0.25, 0.3) is 0 Å². The number of nitrogens with zero attached hydrogens (tertiary/aromatic N) is 1. The predicted octanol–water partition coefficient (Wildman–Crippen LogP) is 1.90. The van der Waals surface area contributed by atoms with E-state index in [4.69, 9.17) is 33.7 Å². The summed E-state index contributed by atoms with van der Waals surface area (Å²) in [6.45, 7) is 12.3. The maximum atomic E-state index is 13.7. The summed E-state index contributed by atoms with van der Waals surface area (Å²) in [5.41, 5.74) is 3.63. The van der Waals surface area contributed by atoms with Crippen molar-refractivity contribution >= 4 is 52.8 Å². The van der Waals surface area contributed by atoms with Crippen molar-refractivity contribution in [3.05, 3.63) is 0 Å². The number of ether oxygens (including phenoxy) is 1. The van der Waals surface area contributed by atoms with Gasteiger partial charge in [-0.05, 0) is 32.6 Å². The molecule has 2 fully saturated rings. The third kappa shape index (κ3) is 6.58. The van der Waals surface area contributed by atoms with Crippen LogP contribution in [0.4, 0.5) is 4.79 Å². The number of carbonyl (C=O) groups is 5. The third-order valence-corrected chi connectivity index (χ3v) is 7.18. The van der Waals surface area contributed by atoms with Crippen LogP contribution in [-0.2, 0) is 23.9 Å². The number of alkyl carbamates (subject to hydrolysis) is 1. The first-order valence-corrected chi connectivity index (χ1v) is 12.4. The van der Waals surface area contributed by atoms with Gasteiger partial charge in [0, 0.05) is 18.4 Å². The Kier molecular flexibility index (Phi) is 8.44. The molecule has 1 aliphatic heterocycles. The van der Waals surface area contributed by atoms with Gasteiger partial charge in [0.2, 0.25) is 17.6 Å². The van der Waals surface area contributed by atoms with E-state index in [0.717, 1.165) is 0 Å². The molecule has 4 amide bonds. The number of primary amides is 1. The van der Waals surface area contributed by atoms with Gasteiger partial charge in [0.15, 0.2) is 0 Å². The van der Waals surface area contributed by atoms with E-state index >= 15 is 0 Å². The quantitative estimate of drug-likeness (QED) is 0.320. The Morgan fingerprint density at radius 1 is 1.09 bits per heavy atom. The normalized spacial score (nSPS) is 24.6. The molecule has 2 aliphatic rings. The molecule has 1 saturated heterocycles. The van der Waals surface area contributed by atoms with Crippen molar-refractivity contribution in [1.82, 2.24) is 15.5 Å². The van der Waals surface area contributed by atoms with E-state index in [-0.39, 0.29) is 18.9 Å². The molecule has 4 N–H and O–H groups in total. The molecule has 35 heavy (non-hydrogen) atoms. The third-order valence-electron chi connectivity index (χ3n) is 6.11. The number of carbonyl (C=O) groups excluding carboxylic acids is 5. The first-order valence-electron chi connectivity index (χ1n) is 11.6. The lowest BCUT2D eigenvalue weighted by molar-refractivity contribution is -0.144. The van der Waals surface area contributed by atoms with Crippen molar-refractivity contribution in [1.29, 1.82) is 0 Å². The van der Waals surface area contributed by atoms with Gasteiger partial charge in [0.25, 0.3) is 5.91 Å². The number of likely N-dealkylation sites (tertiary alicyclic amines) is 1. The van der Waals surface area contributed by atoms with Crippen molar-refractivity contribution < 1.29 is 28.7 Å². The van der Waals surface area contributed by atoms with Crippen molar-refractivity contribution in [2.45, 2.75) is 89.4 Å². The van der Waals surface area contributed by atoms with Crippen molar-refractivity contribution in [2.75, 3.05) is 6.54 Å². The summed E-state index contributed by atoms with van der Waals surface area (Å²) >= 11 is 12.7. The number of piperidine rings is 1. The molecule has 2 rings (SSSR count). The molecule has 198 valence electrons. The highest BCUT2D eigenvalue weighted by Crippen LogP contribution is 2.65. The SMILES string of the molecule is CCCC(NC(=O)[C@@H]1[C@@H]2C(CN1C(=O)[C@@H](NC(=O)OC(C)(C)C)C(C)(C)C)C2(Cl)Cl)C(=O)C(N)=O. The first kappa shape index (κ1) is 29.2. The Balaban J connectivity index is 2.31. The fourth-order valence-corrected chi connectivity index (χ4v) is 5.19. The number of ketones is 1. The number of alkyl halides is 2. The molecule has 0 aromatic rings. The lowest BCUT2D eigenvalue weighted by Gasteiger charge is -2.37. The van der Waals surface area contributed by atoms with Gasteiger partial charge < -0.3 is 26.0 Å². The fraction of sp³-hybridized carbons (Fsp3) is 0.783. The molecule has 1 saturated carbocycles. The highest BCUT2D eigenvalue weighted by molar-refractivity contribution is 6.51. The second kappa shape index (κ2) is 10.1. The van der Waals surface area contributed by atoms with E-state index in [2.05, 4.69) is 10.6 Å². The first-order chi connectivity index (χ1) is 15.8. The molecular formula is C23H36Cl2N4O6. The van der Waals surface area contributed by atoms with Gasteiger partial charge in [-0.25, -0.2) is 4.79 Å². The highest BCUT2D eigenvalue weighted by Gasteiger charge is 2.74. The molecule has 12 heteroatoms. The zero-order chi connectivity index (χ0) is 27.1. The minimum absolute atomic E-state index is 0.0966. The zero-order valence-corrected chi connectivity index (χ0v) is 22.7. The predicted molar refractivity (Wildman–Crippen MR) is 131 cm³/mol. The van der Waals surface area contributed by atoms with E-state index in [9.17, 15) is 24.0 Å². The van der Waals surface area contributed by atoms with Crippen LogP contribution in [0.15, 0.2) is 0 Å². The van der Waals surface area contributed by atoms with E-state index in [1.54, 1.807) is 48.5 Å². The van der Waals surface area contributed by atoms with Gasteiger partial charge >= 0.3 is 6.09 Å². The summed E-state index contributed by atoms with van der Waals surface area (Å²) in [5.74, 6) is -4.18. The molecule has 10 nitrogen and oxygen atoms in total. The zero-order valence-electron chi connectivity index (χ0n) is 21.2. The van der Waals surface area contributed by atoms with Gasteiger partial charge in [-0.1, -0.05) is 34.1 Å². The number of nitrogens with one attached hydrogen (secondary N) is 2.